The maximum absolute atomic E-state index is 11.2. The van der Waals surface area contributed by atoms with Crippen molar-refractivity contribution < 1.29 is 14.8 Å². The van der Waals surface area contributed by atoms with E-state index in [1.165, 1.54) is 19.2 Å². The minimum Gasteiger partial charge on any atom is -0.490 e. The number of benzene rings is 3. The lowest BCUT2D eigenvalue weighted by molar-refractivity contribution is -0.385. The van der Waals surface area contributed by atoms with Crippen molar-refractivity contribution in [1.82, 2.24) is 0 Å². The first kappa shape index (κ1) is 16.0. The van der Waals surface area contributed by atoms with Crippen molar-refractivity contribution >= 4 is 16.5 Å². The third kappa shape index (κ3) is 2.70. The molecular weight excluding hydrogens is 306 g/mol. The Morgan fingerprint density at radius 2 is 1.88 bits per heavy atom. The number of hydrogen-bond donors (Lipinski definition) is 1. The molecule has 5 heteroatoms. The van der Waals surface area contributed by atoms with E-state index in [9.17, 15) is 15.2 Å². The molecule has 3 aromatic rings. The maximum Gasteiger partial charge on any atom is 0.311 e. The number of fused-ring (bicyclic) bond motifs is 1. The Bertz CT molecular complexity index is 920. The van der Waals surface area contributed by atoms with Gasteiger partial charge >= 0.3 is 5.69 Å². The van der Waals surface area contributed by atoms with Crippen LogP contribution in [-0.4, -0.2) is 17.1 Å². The van der Waals surface area contributed by atoms with Gasteiger partial charge < -0.3 is 9.84 Å². The molecule has 0 bridgehead atoms. The summed E-state index contributed by atoms with van der Waals surface area (Å²) in [6, 6.07) is 16.2. The van der Waals surface area contributed by atoms with Crippen LogP contribution in [0.4, 0.5) is 5.69 Å². The monoisotopic (exact) mass is 323 g/mol. The van der Waals surface area contributed by atoms with Crippen molar-refractivity contribution in [1.29, 1.82) is 0 Å². The Morgan fingerprint density at radius 1 is 1.12 bits per heavy atom. The minimum absolute atomic E-state index is 0.160. The molecule has 5 nitrogen and oxygen atoms in total. The summed E-state index contributed by atoms with van der Waals surface area (Å²) in [5.41, 5.74) is 1.99. The Kier molecular flexibility index (Phi) is 4.18. The predicted octanol–water partition coefficient (Wildman–Crippen LogP) is 4.15. The number of nitro groups is 1. The van der Waals surface area contributed by atoms with E-state index >= 15 is 0 Å². The number of aliphatic hydroxyl groups excluding tert-OH is 1. The zero-order valence-electron chi connectivity index (χ0n) is 13.4. The van der Waals surface area contributed by atoms with Crippen molar-refractivity contribution in [2.45, 2.75) is 13.0 Å². The third-order valence-electron chi connectivity index (χ3n) is 4.18. The third-order valence-corrected chi connectivity index (χ3v) is 4.18. The van der Waals surface area contributed by atoms with Gasteiger partial charge in [-0.3, -0.25) is 10.1 Å². The highest BCUT2D eigenvalue weighted by molar-refractivity contribution is 5.87. The first-order valence-electron chi connectivity index (χ1n) is 7.51. The van der Waals surface area contributed by atoms with Crippen LogP contribution >= 0.6 is 0 Å². The summed E-state index contributed by atoms with van der Waals surface area (Å²) in [5.74, 6) is 0.172. The van der Waals surface area contributed by atoms with Gasteiger partial charge in [-0.15, -0.1) is 0 Å². The molecule has 0 amide bonds. The normalized spacial score (nSPS) is 12.1. The number of methoxy groups -OCH3 is 1. The van der Waals surface area contributed by atoms with E-state index in [-0.39, 0.29) is 11.4 Å². The summed E-state index contributed by atoms with van der Waals surface area (Å²) < 4.78 is 5.02. The van der Waals surface area contributed by atoms with Crippen molar-refractivity contribution in [3.05, 3.63) is 81.4 Å². The molecule has 0 radical (unpaired) electrons. The molecule has 1 atom stereocenters. The molecule has 0 saturated heterocycles. The average molecular weight is 323 g/mol. The van der Waals surface area contributed by atoms with Crippen LogP contribution < -0.4 is 4.74 Å². The average Bonchev–Trinajstić information content (AvgIpc) is 2.60. The van der Waals surface area contributed by atoms with Gasteiger partial charge in [0.2, 0.25) is 0 Å². The molecule has 0 spiro atoms. The molecule has 0 aliphatic heterocycles. The second-order valence-electron chi connectivity index (χ2n) is 5.61. The Morgan fingerprint density at radius 3 is 2.58 bits per heavy atom. The highest BCUT2D eigenvalue weighted by Crippen LogP contribution is 2.35. The van der Waals surface area contributed by atoms with E-state index < -0.39 is 11.0 Å². The van der Waals surface area contributed by atoms with Crippen LogP contribution in [0.5, 0.6) is 5.75 Å². The summed E-state index contributed by atoms with van der Waals surface area (Å²) in [6.45, 7) is 1.92. The summed E-state index contributed by atoms with van der Waals surface area (Å²) in [5, 5.41) is 24.0. The van der Waals surface area contributed by atoms with Gasteiger partial charge in [0.05, 0.1) is 12.0 Å². The number of aliphatic hydroxyl groups is 1. The van der Waals surface area contributed by atoms with E-state index in [1.807, 2.05) is 43.3 Å². The maximum atomic E-state index is 11.2. The zero-order valence-corrected chi connectivity index (χ0v) is 13.4. The van der Waals surface area contributed by atoms with Crippen molar-refractivity contribution in [3.8, 4) is 5.75 Å². The summed E-state index contributed by atoms with van der Waals surface area (Å²) >= 11 is 0. The lowest BCUT2D eigenvalue weighted by Gasteiger charge is -2.17. The fraction of sp³-hybridized carbons (Fsp3) is 0.158. The summed E-state index contributed by atoms with van der Waals surface area (Å²) in [7, 11) is 1.38. The fourth-order valence-corrected chi connectivity index (χ4v) is 2.95. The molecule has 24 heavy (non-hydrogen) atoms. The van der Waals surface area contributed by atoms with Gasteiger partial charge in [0.25, 0.3) is 0 Å². The molecule has 0 aromatic heterocycles. The van der Waals surface area contributed by atoms with Crippen LogP contribution in [0.2, 0.25) is 0 Å². The fourth-order valence-electron chi connectivity index (χ4n) is 2.95. The molecule has 3 aromatic carbocycles. The van der Waals surface area contributed by atoms with Gasteiger partial charge in [-0.2, -0.15) is 0 Å². The largest absolute Gasteiger partial charge is 0.490 e. The zero-order chi connectivity index (χ0) is 17.3. The van der Waals surface area contributed by atoms with Crippen LogP contribution in [0.1, 0.15) is 22.8 Å². The highest BCUT2D eigenvalue weighted by atomic mass is 16.6. The van der Waals surface area contributed by atoms with E-state index in [1.54, 1.807) is 6.07 Å². The van der Waals surface area contributed by atoms with Crippen LogP contribution in [0.25, 0.3) is 10.8 Å². The molecule has 0 aliphatic carbocycles. The molecule has 3 rings (SSSR count). The molecule has 1 N–H and O–H groups in total. The van der Waals surface area contributed by atoms with Gasteiger partial charge in [-0.1, -0.05) is 42.5 Å². The first-order chi connectivity index (χ1) is 11.5. The number of nitrogens with zero attached hydrogens (tertiary/aromatic N) is 1. The van der Waals surface area contributed by atoms with E-state index in [0.29, 0.717) is 5.56 Å². The second-order valence-corrected chi connectivity index (χ2v) is 5.61. The molecule has 122 valence electrons. The van der Waals surface area contributed by atoms with Gasteiger partial charge in [-0.25, -0.2) is 0 Å². The highest BCUT2D eigenvalue weighted by Gasteiger charge is 2.21. The molecule has 0 fully saturated rings. The molecule has 0 saturated carbocycles. The second kappa shape index (κ2) is 6.29. The van der Waals surface area contributed by atoms with Gasteiger partial charge in [0, 0.05) is 6.07 Å². The van der Waals surface area contributed by atoms with E-state index in [0.717, 1.165) is 21.9 Å². The lowest BCUT2D eigenvalue weighted by atomic mass is 9.92. The lowest BCUT2D eigenvalue weighted by Crippen LogP contribution is -2.04. The molecule has 0 unspecified atom stereocenters. The van der Waals surface area contributed by atoms with Crippen LogP contribution in [0.15, 0.2) is 54.6 Å². The van der Waals surface area contributed by atoms with E-state index in [4.69, 9.17) is 4.74 Å². The van der Waals surface area contributed by atoms with Crippen molar-refractivity contribution in [2.24, 2.45) is 0 Å². The molecule has 0 aliphatic rings. The Balaban J connectivity index is 2.16. The van der Waals surface area contributed by atoms with Crippen LogP contribution in [-0.2, 0) is 0 Å². The Hall–Kier alpha value is -2.92. The standard InChI is InChI=1S/C19H17NO4/c1-12-7-8-13-5-3-4-6-15(13)18(12)19(21)14-9-10-17(24-2)16(11-14)20(22)23/h3-11,19,21H,1-2H3/t19-/m0/s1. The number of aryl methyl sites for hydroxylation is 1. The van der Waals surface area contributed by atoms with Crippen molar-refractivity contribution in [2.75, 3.05) is 7.11 Å². The quantitative estimate of drug-likeness (QED) is 0.578. The Labute approximate surface area is 139 Å². The van der Waals surface area contributed by atoms with Gasteiger partial charge in [0.1, 0.15) is 6.10 Å². The minimum atomic E-state index is -0.958. The topological polar surface area (TPSA) is 72.6 Å². The van der Waals surface area contributed by atoms with Gasteiger partial charge in [0.15, 0.2) is 5.75 Å². The number of ether oxygens (including phenoxy) is 1. The first-order valence-corrected chi connectivity index (χ1v) is 7.51. The van der Waals surface area contributed by atoms with E-state index in [2.05, 4.69) is 0 Å². The number of rotatable bonds is 4. The summed E-state index contributed by atoms with van der Waals surface area (Å²) in [4.78, 5) is 10.7. The number of hydrogen-bond acceptors (Lipinski definition) is 4. The summed E-state index contributed by atoms with van der Waals surface area (Å²) in [6.07, 6.45) is -0.958. The smallest absolute Gasteiger partial charge is 0.311 e. The predicted molar refractivity (Wildman–Crippen MR) is 92.4 cm³/mol. The molecular formula is C19H17NO4. The van der Waals surface area contributed by atoms with Crippen molar-refractivity contribution in [3.63, 3.8) is 0 Å². The SMILES string of the molecule is COc1ccc([C@H](O)c2c(C)ccc3ccccc23)cc1[N+](=O)[O-]. The van der Waals surface area contributed by atoms with Crippen LogP contribution in [0.3, 0.4) is 0 Å². The van der Waals surface area contributed by atoms with Gasteiger partial charge in [-0.05, 0) is 40.5 Å². The molecule has 0 heterocycles. The van der Waals surface area contributed by atoms with Crippen LogP contribution in [0, 0.1) is 17.0 Å². The number of nitro benzene ring substituents is 1.